The molecule has 28 heavy (non-hydrogen) atoms. The zero-order valence-corrected chi connectivity index (χ0v) is 20.1. The number of methoxy groups -OCH3 is 3. The van der Waals surface area contributed by atoms with Gasteiger partial charge < -0.3 is 24.8 Å². The summed E-state index contributed by atoms with van der Waals surface area (Å²) in [6.07, 6.45) is 3.50. The van der Waals surface area contributed by atoms with Crippen molar-refractivity contribution in [1.82, 2.24) is 15.6 Å². The van der Waals surface area contributed by atoms with Crippen LogP contribution in [0.25, 0.3) is 0 Å². The molecule has 0 unspecified atom stereocenters. The summed E-state index contributed by atoms with van der Waals surface area (Å²) in [5.41, 5.74) is 0.988. The van der Waals surface area contributed by atoms with Crippen molar-refractivity contribution in [3.63, 3.8) is 0 Å². The molecule has 7 nitrogen and oxygen atoms in total. The van der Waals surface area contributed by atoms with E-state index in [1.807, 2.05) is 18.3 Å². The monoisotopic (exact) mass is 520 g/mol. The number of ether oxygens (including phenoxy) is 3. The van der Waals surface area contributed by atoms with Crippen molar-refractivity contribution >= 4 is 41.3 Å². The first-order valence-electron chi connectivity index (χ1n) is 8.76. The molecule has 0 aliphatic carbocycles. The number of rotatable bonds is 9. The predicted octanol–water partition coefficient (Wildman–Crippen LogP) is 3.05. The van der Waals surface area contributed by atoms with Gasteiger partial charge in [0, 0.05) is 55.3 Å². The second kappa shape index (κ2) is 12.7. The molecule has 2 N–H and O–H groups in total. The van der Waals surface area contributed by atoms with Crippen LogP contribution in [0.5, 0.6) is 17.2 Å². The Morgan fingerprint density at radius 3 is 2.11 bits per heavy atom. The van der Waals surface area contributed by atoms with Crippen molar-refractivity contribution in [2.45, 2.75) is 19.8 Å². The van der Waals surface area contributed by atoms with E-state index in [9.17, 15) is 0 Å². The Bertz CT molecular complexity index is 742. The highest BCUT2D eigenvalue weighted by atomic mass is 127. The second-order valence-corrected chi connectivity index (χ2v) is 7.12. The molecule has 156 valence electrons. The minimum atomic E-state index is 0. The first-order chi connectivity index (χ1) is 13.1. The van der Waals surface area contributed by atoms with Gasteiger partial charge in [-0.15, -0.1) is 35.3 Å². The molecule has 1 aromatic heterocycles. The maximum absolute atomic E-state index is 5.49. The number of nitrogens with one attached hydrogen (secondary N) is 2. The number of aryl methyl sites for hydroxylation is 1. The molecular weight excluding hydrogens is 491 g/mol. The summed E-state index contributed by atoms with van der Waals surface area (Å²) in [6.45, 7) is 3.54. The lowest BCUT2D eigenvalue weighted by molar-refractivity contribution is 0.368. The van der Waals surface area contributed by atoms with Crippen LogP contribution in [-0.4, -0.2) is 52.4 Å². The molecule has 0 radical (unpaired) electrons. The van der Waals surface area contributed by atoms with Crippen LogP contribution in [0.1, 0.15) is 15.4 Å². The van der Waals surface area contributed by atoms with Crippen molar-refractivity contribution in [1.29, 1.82) is 0 Å². The summed E-state index contributed by atoms with van der Waals surface area (Å²) >= 11 is 1.72. The van der Waals surface area contributed by atoms with Gasteiger partial charge in [-0.25, -0.2) is 4.98 Å². The number of nitrogens with zero attached hydrogens (tertiary/aromatic N) is 2. The first-order valence-corrected chi connectivity index (χ1v) is 9.57. The van der Waals surface area contributed by atoms with Crippen LogP contribution in [-0.2, 0) is 12.8 Å². The van der Waals surface area contributed by atoms with Gasteiger partial charge in [-0.2, -0.15) is 0 Å². The largest absolute Gasteiger partial charge is 0.496 e. The lowest BCUT2D eigenvalue weighted by atomic mass is 10.1. The van der Waals surface area contributed by atoms with E-state index in [1.165, 1.54) is 4.88 Å². The van der Waals surface area contributed by atoms with Gasteiger partial charge in [-0.05, 0) is 13.3 Å². The van der Waals surface area contributed by atoms with Gasteiger partial charge in [0.25, 0.3) is 0 Å². The highest BCUT2D eigenvalue weighted by Crippen LogP contribution is 2.34. The predicted molar refractivity (Wildman–Crippen MR) is 125 cm³/mol. The van der Waals surface area contributed by atoms with E-state index < -0.39 is 0 Å². The molecule has 9 heteroatoms. The average Bonchev–Trinajstić information content (AvgIpc) is 3.11. The first kappa shape index (κ1) is 24.3. The van der Waals surface area contributed by atoms with Crippen molar-refractivity contribution in [2.75, 3.05) is 41.5 Å². The van der Waals surface area contributed by atoms with Gasteiger partial charge in [0.2, 0.25) is 0 Å². The molecule has 2 rings (SSSR count). The van der Waals surface area contributed by atoms with Gasteiger partial charge >= 0.3 is 0 Å². The zero-order valence-electron chi connectivity index (χ0n) is 17.0. The summed E-state index contributed by atoms with van der Waals surface area (Å²) in [7, 11) is 6.67. The van der Waals surface area contributed by atoms with Crippen LogP contribution in [0.15, 0.2) is 23.3 Å². The van der Waals surface area contributed by atoms with Gasteiger partial charge in [-0.3, -0.25) is 4.99 Å². The van der Waals surface area contributed by atoms with Crippen molar-refractivity contribution in [3.8, 4) is 17.2 Å². The van der Waals surface area contributed by atoms with Crippen LogP contribution in [0.3, 0.4) is 0 Å². The molecule has 0 bridgehead atoms. The number of hydrogen-bond acceptors (Lipinski definition) is 6. The van der Waals surface area contributed by atoms with Gasteiger partial charge in [0.15, 0.2) is 5.96 Å². The summed E-state index contributed by atoms with van der Waals surface area (Å²) in [4.78, 5) is 9.87. The SMILES string of the molecule is CN=C(NCCc1ncc(C)s1)NCCc1c(OC)cc(OC)cc1OC.I. The highest BCUT2D eigenvalue weighted by Gasteiger charge is 2.13. The third-order valence-corrected chi connectivity index (χ3v) is 4.98. The van der Waals surface area contributed by atoms with E-state index in [0.717, 1.165) is 47.4 Å². The summed E-state index contributed by atoms with van der Waals surface area (Å²) < 4.78 is 16.3. The van der Waals surface area contributed by atoms with Crippen LogP contribution < -0.4 is 24.8 Å². The molecule has 0 saturated carbocycles. The molecule has 0 atom stereocenters. The molecule has 1 heterocycles. The Kier molecular flexibility index (Phi) is 11.0. The van der Waals surface area contributed by atoms with E-state index in [4.69, 9.17) is 14.2 Å². The van der Waals surface area contributed by atoms with Crippen molar-refractivity contribution < 1.29 is 14.2 Å². The van der Waals surface area contributed by atoms with E-state index in [1.54, 1.807) is 39.7 Å². The fourth-order valence-electron chi connectivity index (χ4n) is 2.66. The van der Waals surface area contributed by atoms with Gasteiger partial charge in [0.1, 0.15) is 17.2 Å². The third kappa shape index (κ3) is 7.01. The topological polar surface area (TPSA) is 77.0 Å². The lowest BCUT2D eigenvalue weighted by Gasteiger charge is -2.16. The van der Waals surface area contributed by atoms with E-state index in [0.29, 0.717) is 12.3 Å². The Morgan fingerprint density at radius 1 is 1.04 bits per heavy atom. The quantitative estimate of drug-likeness (QED) is 0.301. The number of aromatic nitrogens is 1. The maximum Gasteiger partial charge on any atom is 0.191 e. The summed E-state index contributed by atoms with van der Waals surface area (Å²) in [5, 5.41) is 7.76. The maximum atomic E-state index is 5.49. The molecular formula is C19H29IN4O3S. The Morgan fingerprint density at radius 2 is 1.64 bits per heavy atom. The highest BCUT2D eigenvalue weighted by molar-refractivity contribution is 14.0. The van der Waals surface area contributed by atoms with E-state index >= 15 is 0 Å². The van der Waals surface area contributed by atoms with Crippen LogP contribution in [0, 0.1) is 6.92 Å². The molecule has 2 aromatic rings. The Labute approximate surface area is 187 Å². The number of halogens is 1. The standard InChI is InChI=1S/C19H28N4O3S.HI/c1-13-12-23-18(27-13)7-9-22-19(20-2)21-8-6-15-16(25-4)10-14(24-3)11-17(15)26-5;/h10-12H,6-9H2,1-5H3,(H2,20,21,22);1H. The van der Waals surface area contributed by atoms with Crippen LogP contribution >= 0.6 is 35.3 Å². The van der Waals surface area contributed by atoms with Gasteiger partial charge in [0.05, 0.1) is 26.3 Å². The number of thiazole rings is 1. The molecule has 0 aliphatic heterocycles. The smallest absolute Gasteiger partial charge is 0.191 e. The van der Waals surface area contributed by atoms with Gasteiger partial charge in [-0.1, -0.05) is 0 Å². The third-order valence-electron chi connectivity index (χ3n) is 4.01. The Hall–Kier alpha value is -1.75. The fourth-order valence-corrected chi connectivity index (χ4v) is 3.44. The number of benzene rings is 1. The minimum Gasteiger partial charge on any atom is -0.496 e. The number of aliphatic imine (C=N–C) groups is 1. The van der Waals surface area contributed by atoms with Crippen molar-refractivity contribution in [3.05, 3.63) is 33.8 Å². The van der Waals surface area contributed by atoms with Crippen molar-refractivity contribution in [2.24, 2.45) is 4.99 Å². The lowest BCUT2D eigenvalue weighted by Crippen LogP contribution is -2.39. The van der Waals surface area contributed by atoms with Crippen LogP contribution in [0.2, 0.25) is 0 Å². The fraction of sp³-hybridized carbons (Fsp3) is 0.474. The average molecular weight is 520 g/mol. The number of guanidine groups is 1. The summed E-state index contributed by atoms with van der Waals surface area (Å²) in [6, 6.07) is 3.72. The Balaban J connectivity index is 0.00000392. The van der Waals surface area contributed by atoms with E-state index in [2.05, 4.69) is 27.5 Å². The number of hydrogen-bond donors (Lipinski definition) is 2. The molecule has 1 aromatic carbocycles. The zero-order chi connectivity index (χ0) is 19.6. The molecule has 0 saturated heterocycles. The molecule has 0 spiro atoms. The molecule has 0 fully saturated rings. The summed E-state index contributed by atoms with van der Waals surface area (Å²) in [5.74, 6) is 2.95. The van der Waals surface area contributed by atoms with E-state index in [-0.39, 0.29) is 24.0 Å². The normalized spacial score (nSPS) is 10.8. The molecule has 0 amide bonds. The molecule has 0 aliphatic rings. The van der Waals surface area contributed by atoms with Crippen LogP contribution in [0.4, 0.5) is 0 Å². The minimum absolute atomic E-state index is 0. The second-order valence-electron chi connectivity index (χ2n) is 5.80.